The number of carbonyl (C=O) groups is 3. The number of ether oxygens (including phenoxy) is 4. The third-order valence-electron chi connectivity index (χ3n) is 19.3. The Kier molecular flexibility index (Phi) is 76.3. The lowest BCUT2D eigenvalue weighted by Crippen LogP contribution is -2.44. The summed E-state index contributed by atoms with van der Waals surface area (Å²) in [5.74, 6) is -2.25. The lowest BCUT2D eigenvalue weighted by molar-refractivity contribution is -0.870. The summed E-state index contributed by atoms with van der Waals surface area (Å²) in [6, 6.07) is 0. The van der Waals surface area contributed by atoms with Gasteiger partial charge in [-0.2, -0.15) is 0 Å². The first-order valence-electron chi connectivity index (χ1n) is 42.4. The molecule has 0 fully saturated rings. The third kappa shape index (κ3) is 80.2. The summed E-state index contributed by atoms with van der Waals surface area (Å²) in [4.78, 5) is 37.6. The number of quaternary nitrogens is 1. The summed E-state index contributed by atoms with van der Waals surface area (Å²) < 4.78 is 22.9. The SMILES string of the molecule is CC/C=C\C/C=C\C/C=C\C/C=C\C/C=C\CCCCCCCCCCCCCCCCCCCCCCCCCC(=O)OC(COC(=O)CCCCCCCCCCCCCCCCCCCCCCCCCCCCCCCCCCC)COC(OCC[N+](C)(C)C)C(=O)[O-]. The van der Waals surface area contributed by atoms with Crippen molar-refractivity contribution in [2.45, 2.75) is 437 Å². The van der Waals surface area contributed by atoms with Crippen LogP contribution >= 0.6 is 0 Å². The lowest BCUT2D eigenvalue weighted by atomic mass is 10.0. The average molecular weight is 1360 g/mol. The molecule has 2 atom stereocenters. The van der Waals surface area contributed by atoms with Crippen LogP contribution in [-0.2, 0) is 33.3 Å². The molecule has 0 aromatic heterocycles. The maximum Gasteiger partial charge on any atom is 0.306 e. The summed E-state index contributed by atoms with van der Waals surface area (Å²) in [7, 11) is 5.95. The summed E-state index contributed by atoms with van der Waals surface area (Å²) in [5.41, 5.74) is 0. The van der Waals surface area contributed by atoms with Crippen molar-refractivity contribution in [2.75, 3.05) is 47.5 Å². The van der Waals surface area contributed by atoms with Crippen LogP contribution in [0.2, 0.25) is 0 Å². The van der Waals surface area contributed by atoms with Gasteiger partial charge in [0.1, 0.15) is 13.2 Å². The Balaban J connectivity index is 3.93. The number of nitrogens with zero attached hydrogens (tertiary/aromatic N) is 1. The standard InChI is InChI=1S/C88H163NO8/c1-6-8-10-12-14-16-18-20-22-24-26-28-30-32-34-36-38-40-41-42-43-44-45-47-49-51-53-55-57-59-61-63-65-67-69-71-73-75-77-79-86(91)97-84(83-96-88(87(92)93)94-81-80-89(3,4)5)82-95-85(90)78-76-74-72-70-68-66-64-62-60-58-56-54-52-50-48-46-39-37-35-33-31-29-27-25-23-21-19-17-15-13-11-9-7-2/h8,10,14,16,20,22,26,28,32,34,84,88H,6-7,9,11-13,15,17-19,21,23-25,27,29-31,33,35-83H2,1-5H3/b10-8-,16-14-,22-20-,28-26-,34-32-. The van der Waals surface area contributed by atoms with E-state index < -0.39 is 24.3 Å². The number of hydrogen-bond donors (Lipinski definition) is 0. The molecule has 0 heterocycles. The second-order valence-electron chi connectivity index (χ2n) is 30.1. The van der Waals surface area contributed by atoms with E-state index in [4.69, 9.17) is 18.9 Å². The average Bonchev–Trinajstić information content (AvgIpc) is 2.39. The van der Waals surface area contributed by atoms with Gasteiger partial charge in [0.25, 0.3) is 0 Å². The van der Waals surface area contributed by atoms with Gasteiger partial charge in [0.05, 0.1) is 40.3 Å². The number of carboxylic acid groups (broad SMARTS) is 1. The van der Waals surface area contributed by atoms with Gasteiger partial charge in [-0.3, -0.25) is 9.59 Å². The van der Waals surface area contributed by atoms with Gasteiger partial charge < -0.3 is 33.3 Å². The minimum Gasteiger partial charge on any atom is -0.545 e. The predicted molar refractivity (Wildman–Crippen MR) is 417 cm³/mol. The van der Waals surface area contributed by atoms with Crippen LogP contribution < -0.4 is 5.11 Å². The number of esters is 2. The summed E-state index contributed by atoms with van der Waals surface area (Å²) in [6.07, 6.45) is 102. The van der Waals surface area contributed by atoms with Crippen molar-refractivity contribution in [2.24, 2.45) is 0 Å². The Labute approximate surface area is 603 Å². The number of unbranched alkanes of at least 4 members (excludes halogenated alkanes) is 55. The summed E-state index contributed by atoms with van der Waals surface area (Å²) in [5, 5.41) is 11.9. The zero-order valence-electron chi connectivity index (χ0n) is 65.2. The number of rotatable bonds is 80. The van der Waals surface area contributed by atoms with Crippen molar-refractivity contribution >= 4 is 17.9 Å². The Morgan fingerprint density at radius 3 is 0.876 bits per heavy atom. The van der Waals surface area contributed by atoms with Crippen LogP contribution in [0.4, 0.5) is 0 Å². The minimum atomic E-state index is -1.62. The highest BCUT2D eigenvalue weighted by atomic mass is 16.7. The van der Waals surface area contributed by atoms with Gasteiger partial charge >= 0.3 is 11.9 Å². The normalized spacial score (nSPS) is 12.9. The molecule has 0 spiro atoms. The Bertz CT molecular complexity index is 1780. The van der Waals surface area contributed by atoms with Gasteiger partial charge in [0.15, 0.2) is 12.4 Å². The van der Waals surface area contributed by atoms with E-state index in [1.165, 1.54) is 327 Å². The highest BCUT2D eigenvalue weighted by Crippen LogP contribution is 2.20. The zero-order chi connectivity index (χ0) is 70.4. The highest BCUT2D eigenvalue weighted by Gasteiger charge is 2.22. The van der Waals surface area contributed by atoms with Crippen molar-refractivity contribution < 1.29 is 42.9 Å². The van der Waals surface area contributed by atoms with E-state index in [1.54, 1.807) is 0 Å². The first kappa shape index (κ1) is 94.0. The molecule has 0 aliphatic rings. The molecule has 97 heavy (non-hydrogen) atoms. The zero-order valence-corrected chi connectivity index (χ0v) is 65.2. The molecule has 0 aliphatic heterocycles. The van der Waals surface area contributed by atoms with E-state index in [9.17, 15) is 19.5 Å². The lowest BCUT2D eigenvalue weighted by Gasteiger charge is -2.26. The van der Waals surface area contributed by atoms with Crippen molar-refractivity contribution in [1.82, 2.24) is 0 Å². The molecule has 0 aliphatic carbocycles. The fourth-order valence-electron chi connectivity index (χ4n) is 12.9. The molecule has 9 heteroatoms. The summed E-state index contributed by atoms with van der Waals surface area (Å²) >= 11 is 0. The van der Waals surface area contributed by atoms with Crippen LogP contribution in [0.15, 0.2) is 60.8 Å². The number of hydrogen-bond acceptors (Lipinski definition) is 8. The maximum absolute atomic E-state index is 13.0. The minimum absolute atomic E-state index is 0.151. The molecule has 0 saturated carbocycles. The number of allylic oxidation sites excluding steroid dienone is 10. The van der Waals surface area contributed by atoms with E-state index in [1.807, 2.05) is 21.1 Å². The van der Waals surface area contributed by atoms with Crippen LogP contribution in [0.25, 0.3) is 0 Å². The first-order valence-corrected chi connectivity index (χ1v) is 42.4. The quantitative estimate of drug-likeness (QED) is 0.0195. The second-order valence-corrected chi connectivity index (χ2v) is 30.1. The Morgan fingerprint density at radius 1 is 0.320 bits per heavy atom. The van der Waals surface area contributed by atoms with E-state index in [0.717, 1.165) is 70.6 Å². The van der Waals surface area contributed by atoms with Gasteiger partial charge in [-0.05, 0) is 57.8 Å². The summed E-state index contributed by atoms with van der Waals surface area (Å²) in [6.45, 7) is 4.72. The van der Waals surface area contributed by atoms with Crippen molar-refractivity contribution in [3.05, 3.63) is 60.8 Å². The van der Waals surface area contributed by atoms with E-state index >= 15 is 0 Å². The highest BCUT2D eigenvalue weighted by molar-refractivity contribution is 5.70. The Hall–Kier alpha value is -3.01. The van der Waals surface area contributed by atoms with Gasteiger partial charge in [0.2, 0.25) is 0 Å². The van der Waals surface area contributed by atoms with Crippen LogP contribution in [0.3, 0.4) is 0 Å². The first-order chi connectivity index (χ1) is 47.6. The van der Waals surface area contributed by atoms with Crippen LogP contribution in [-0.4, -0.2) is 82.3 Å². The van der Waals surface area contributed by atoms with Gasteiger partial charge in [-0.15, -0.1) is 0 Å². The van der Waals surface area contributed by atoms with E-state index in [-0.39, 0.29) is 32.2 Å². The molecule has 0 aromatic rings. The van der Waals surface area contributed by atoms with Gasteiger partial charge in [0, 0.05) is 12.8 Å². The second kappa shape index (κ2) is 78.7. The third-order valence-corrected chi connectivity index (χ3v) is 19.3. The van der Waals surface area contributed by atoms with Crippen LogP contribution in [0.1, 0.15) is 425 Å². The van der Waals surface area contributed by atoms with E-state index in [0.29, 0.717) is 17.4 Å². The Morgan fingerprint density at radius 2 is 0.588 bits per heavy atom. The molecule has 9 nitrogen and oxygen atoms in total. The van der Waals surface area contributed by atoms with E-state index in [2.05, 4.69) is 74.6 Å². The fraction of sp³-hybridized carbons (Fsp3) is 0.852. The molecule has 0 radical (unpaired) electrons. The number of carboxylic acids is 1. The number of aliphatic carboxylic acids is 1. The molecular weight excluding hydrogens is 1200 g/mol. The predicted octanol–water partition coefficient (Wildman–Crippen LogP) is 26.0. The number of carbonyl (C=O) groups excluding carboxylic acids is 3. The number of likely N-dealkylation sites (N-methyl/N-ethyl adjacent to an activating group) is 1. The molecule has 0 bridgehead atoms. The molecule has 0 aromatic carbocycles. The molecule has 2 unspecified atom stereocenters. The van der Waals surface area contributed by atoms with Gasteiger partial charge in [-0.1, -0.05) is 415 Å². The van der Waals surface area contributed by atoms with Crippen molar-refractivity contribution in [1.29, 1.82) is 0 Å². The van der Waals surface area contributed by atoms with Gasteiger partial charge in [-0.25, -0.2) is 0 Å². The van der Waals surface area contributed by atoms with Crippen LogP contribution in [0, 0.1) is 0 Å². The monoisotopic (exact) mass is 1360 g/mol. The molecular formula is C88H163NO8. The van der Waals surface area contributed by atoms with Crippen molar-refractivity contribution in [3.8, 4) is 0 Å². The molecule has 568 valence electrons. The molecule has 0 N–H and O–H groups in total. The largest absolute Gasteiger partial charge is 0.545 e. The topological polar surface area (TPSA) is 111 Å². The smallest absolute Gasteiger partial charge is 0.306 e. The fourth-order valence-corrected chi connectivity index (χ4v) is 12.9. The van der Waals surface area contributed by atoms with Crippen LogP contribution in [0.5, 0.6) is 0 Å². The molecule has 0 rings (SSSR count). The maximum atomic E-state index is 13.0. The van der Waals surface area contributed by atoms with Crippen molar-refractivity contribution in [3.63, 3.8) is 0 Å². The molecule has 0 saturated heterocycles. The molecule has 0 amide bonds.